The summed E-state index contributed by atoms with van der Waals surface area (Å²) >= 11 is 0. The van der Waals surface area contributed by atoms with Gasteiger partial charge in [-0.3, -0.25) is 9.36 Å². The molecule has 9 heteroatoms. The van der Waals surface area contributed by atoms with Gasteiger partial charge < -0.3 is 28.8 Å². The van der Waals surface area contributed by atoms with E-state index in [4.69, 9.17) is 9.05 Å². The molecule has 364 valence electrons. The number of unbranched alkanes of at least 4 members (excludes halogenated alkanes) is 29. The number of quaternary nitrogens is 1. The summed E-state index contributed by atoms with van der Waals surface area (Å²) in [6.45, 7) is 4.60. The van der Waals surface area contributed by atoms with Crippen LogP contribution in [0.4, 0.5) is 0 Å². The van der Waals surface area contributed by atoms with Crippen molar-refractivity contribution in [3.05, 3.63) is 48.6 Å². The van der Waals surface area contributed by atoms with E-state index in [1.54, 1.807) is 6.08 Å². The number of carbonyl (C=O) groups is 1. The fourth-order valence-corrected chi connectivity index (χ4v) is 8.12. The standard InChI is InChI=1S/C53H101N2O6P/c1-6-8-10-12-14-16-18-20-22-23-24-25-26-27-28-29-30-31-33-34-36-38-40-42-44-46-52(56)51(50-61-62(58,59)60-49-48-55(3,4)5)54-53(57)47-45-43-41-39-37-35-32-21-19-17-15-13-11-9-7-2/h15,17,19,21,36,38,44,46,51-52,56H,6-14,16,18,20,22-35,37,39-43,45,47-50H2,1-5H3,(H-,54,57,58,59)/b17-15-,21-19-,38-36+,46-44+. The number of carbonyl (C=O) groups excluding carboxylic acids is 1. The highest BCUT2D eigenvalue weighted by Gasteiger charge is 2.23. The summed E-state index contributed by atoms with van der Waals surface area (Å²) in [7, 11) is 1.23. The van der Waals surface area contributed by atoms with Gasteiger partial charge in [0.15, 0.2) is 0 Å². The Kier molecular flexibility index (Phi) is 43.5. The summed E-state index contributed by atoms with van der Waals surface area (Å²) in [6, 6.07) is -0.910. The zero-order chi connectivity index (χ0) is 45.7. The molecule has 0 aromatic carbocycles. The Balaban J connectivity index is 4.31. The first-order chi connectivity index (χ1) is 30.0. The number of hydrogen-bond acceptors (Lipinski definition) is 6. The predicted octanol–water partition coefficient (Wildman–Crippen LogP) is 14.6. The van der Waals surface area contributed by atoms with Crippen molar-refractivity contribution in [1.82, 2.24) is 5.32 Å². The van der Waals surface area contributed by atoms with Crippen LogP contribution in [0.3, 0.4) is 0 Å². The first-order valence-electron chi connectivity index (χ1n) is 26.0. The van der Waals surface area contributed by atoms with Crippen LogP contribution < -0.4 is 10.2 Å². The minimum atomic E-state index is -4.60. The van der Waals surface area contributed by atoms with Crippen molar-refractivity contribution in [2.45, 2.75) is 244 Å². The van der Waals surface area contributed by atoms with Crippen LogP contribution in [0.1, 0.15) is 232 Å². The first-order valence-corrected chi connectivity index (χ1v) is 27.5. The summed E-state index contributed by atoms with van der Waals surface area (Å²) in [6.07, 6.45) is 57.5. The van der Waals surface area contributed by atoms with Crippen LogP contribution in [0.2, 0.25) is 0 Å². The highest BCUT2D eigenvalue weighted by atomic mass is 31.2. The van der Waals surface area contributed by atoms with Crippen molar-refractivity contribution in [2.75, 3.05) is 40.9 Å². The van der Waals surface area contributed by atoms with Gasteiger partial charge in [0.05, 0.1) is 39.9 Å². The van der Waals surface area contributed by atoms with Gasteiger partial charge in [-0.25, -0.2) is 0 Å². The van der Waals surface area contributed by atoms with Gasteiger partial charge in [0, 0.05) is 6.42 Å². The fourth-order valence-electron chi connectivity index (χ4n) is 7.40. The molecule has 0 rings (SSSR count). The molecule has 3 unspecified atom stereocenters. The zero-order valence-corrected chi connectivity index (χ0v) is 42.2. The van der Waals surface area contributed by atoms with Crippen LogP contribution in [0, 0.1) is 0 Å². The van der Waals surface area contributed by atoms with E-state index >= 15 is 0 Å². The smallest absolute Gasteiger partial charge is 0.268 e. The predicted molar refractivity (Wildman–Crippen MR) is 265 cm³/mol. The van der Waals surface area contributed by atoms with Crippen LogP contribution in [0.15, 0.2) is 48.6 Å². The third-order valence-electron chi connectivity index (χ3n) is 11.5. The minimum absolute atomic E-state index is 0.00984. The molecule has 0 saturated heterocycles. The fraction of sp³-hybridized carbons (Fsp3) is 0.830. The highest BCUT2D eigenvalue weighted by molar-refractivity contribution is 7.45. The quantitative estimate of drug-likeness (QED) is 0.0207. The lowest BCUT2D eigenvalue weighted by Gasteiger charge is -2.29. The highest BCUT2D eigenvalue weighted by Crippen LogP contribution is 2.38. The topological polar surface area (TPSA) is 108 Å². The maximum absolute atomic E-state index is 12.9. The number of likely N-dealkylation sites (N-methyl/N-ethyl adjacent to an activating group) is 1. The van der Waals surface area contributed by atoms with Gasteiger partial charge in [-0.15, -0.1) is 0 Å². The van der Waals surface area contributed by atoms with Crippen LogP contribution in [-0.2, 0) is 18.4 Å². The summed E-state index contributed by atoms with van der Waals surface area (Å²) in [4.78, 5) is 25.4. The SMILES string of the molecule is CCCCC/C=C\C=C/CCCCCCCCC(=O)NC(COP(=O)([O-])OCC[N+](C)(C)C)C(O)/C=C/CC/C=C/CCCCCCCCCCCCCCCCCCCCC. The van der Waals surface area contributed by atoms with Crippen LogP contribution in [0.5, 0.6) is 0 Å². The van der Waals surface area contributed by atoms with Crippen molar-refractivity contribution >= 4 is 13.7 Å². The van der Waals surface area contributed by atoms with Crippen molar-refractivity contribution in [2.24, 2.45) is 0 Å². The van der Waals surface area contributed by atoms with E-state index < -0.39 is 26.6 Å². The molecule has 0 aliphatic carbocycles. The van der Waals surface area contributed by atoms with E-state index in [1.807, 2.05) is 27.2 Å². The molecule has 2 N–H and O–H groups in total. The molecule has 0 bridgehead atoms. The van der Waals surface area contributed by atoms with Gasteiger partial charge in [-0.2, -0.15) is 0 Å². The van der Waals surface area contributed by atoms with Crippen molar-refractivity contribution in [3.8, 4) is 0 Å². The Morgan fingerprint density at radius 3 is 1.44 bits per heavy atom. The molecule has 0 radical (unpaired) electrons. The maximum Gasteiger partial charge on any atom is 0.268 e. The number of allylic oxidation sites excluding steroid dienone is 7. The average Bonchev–Trinajstić information content (AvgIpc) is 3.23. The molecular formula is C53H101N2O6P. The Hall–Kier alpha value is -1.54. The second-order valence-corrected chi connectivity index (χ2v) is 20.3. The molecular weight excluding hydrogens is 792 g/mol. The molecule has 62 heavy (non-hydrogen) atoms. The van der Waals surface area contributed by atoms with Gasteiger partial charge in [0.25, 0.3) is 7.82 Å². The molecule has 0 heterocycles. The third kappa shape index (κ3) is 46.5. The van der Waals surface area contributed by atoms with Crippen molar-refractivity contribution in [3.63, 3.8) is 0 Å². The van der Waals surface area contributed by atoms with Crippen LogP contribution >= 0.6 is 7.82 Å². The van der Waals surface area contributed by atoms with Crippen LogP contribution in [0.25, 0.3) is 0 Å². The molecule has 0 saturated carbocycles. The van der Waals surface area contributed by atoms with E-state index in [1.165, 1.54) is 154 Å². The molecule has 0 aromatic heterocycles. The van der Waals surface area contributed by atoms with E-state index in [9.17, 15) is 19.4 Å². The normalized spacial score (nSPS) is 14.5. The summed E-state index contributed by atoms with van der Waals surface area (Å²) in [5.41, 5.74) is 0. The minimum Gasteiger partial charge on any atom is -0.756 e. The number of rotatable bonds is 47. The molecule has 0 fully saturated rings. The van der Waals surface area contributed by atoms with Gasteiger partial charge in [0.1, 0.15) is 13.2 Å². The molecule has 3 atom stereocenters. The number of phosphoric acid groups is 1. The van der Waals surface area contributed by atoms with Gasteiger partial charge in [0.2, 0.25) is 5.91 Å². The van der Waals surface area contributed by atoms with Crippen LogP contribution in [-0.4, -0.2) is 68.5 Å². The second kappa shape index (κ2) is 44.7. The number of nitrogens with zero attached hydrogens (tertiary/aromatic N) is 1. The Morgan fingerprint density at radius 1 is 0.565 bits per heavy atom. The maximum atomic E-state index is 12.9. The Labute approximate surface area is 384 Å². The lowest BCUT2D eigenvalue weighted by atomic mass is 10.0. The molecule has 0 aliphatic heterocycles. The number of aliphatic hydroxyl groups excluding tert-OH is 1. The van der Waals surface area contributed by atoms with Crippen molar-refractivity contribution < 1.29 is 32.9 Å². The van der Waals surface area contributed by atoms with Gasteiger partial charge in [-0.1, -0.05) is 217 Å². The van der Waals surface area contributed by atoms with E-state index in [0.29, 0.717) is 17.4 Å². The van der Waals surface area contributed by atoms with E-state index in [0.717, 1.165) is 57.8 Å². The number of hydrogen-bond donors (Lipinski definition) is 2. The van der Waals surface area contributed by atoms with Crippen molar-refractivity contribution in [1.29, 1.82) is 0 Å². The summed E-state index contributed by atoms with van der Waals surface area (Å²) in [5.74, 6) is -0.219. The number of aliphatic hydroxyl groups is 1. The lowest BCUT2D eigenvalue weighted by Crippen LogP contribution is -2.45. The zero-order valence-electron chi connectivity index (χ0n) is 41.3. The molecule has 0 aliphatic rings. The number of amides is 1. The largest absolute Gasteiger partial charge is 0.756 e. The first kappa shape index (κ1) is 60.5. The second-order valence-electron chi connectivity index (χ2n) is 18.9. The third-order valence-corrected chi connectivity index (χ3v) is 12.5. The summed E-state index contributed by atoms with van der Waals surface area (Å²) in [5, 5.41) is 13.8. The van der Waals surface area contributed by atoms with E-state index in [-0.39, 0.29) is 12.5 Å². The van der Waals surface area contributed by atoms with Gasteiger partial charge in [-0.05, 0) is 57.8 Å². The monoisotopic (exact) mass is 893 g/mol. The molecule has 0 spiro atoms. The Morgan fingerprint density at radius 2 is 0.952 bits per heavy atom. The molecule has 0 aromatic rings. The Bertz CT molecular complexity index is 1150. The lowest BCUT2D eigenvalue weighted by molar-refractivity contribution is -0.870. The molecule has 8 nitrogen and oxygen atoms in total. The summed E-state index contributed by atoms with van der Waals surface area (Å²) < 4.78 is 23.2. The molecule has 1 amide bonds. The number of phosphoric ester groups is 1. The average molecular weight is 893 g/mol. The van der Waals surface area contributed by atoms with E-state index in [2.05, 4.69) is 55.6 Å². The number of nitrogens with one attached hydrogen (secondary N) is 1. The van der Waals surface area contributed by atoms with Gasteiger partial charge >= 0.3 is 0 Å².